The third-order valence-corrected chi connectivity index (χ3v) is 2.20. The molecule has 0 aliphatic heterocycles. The van der Waals surface area contributed by atoms with E-state index in [-0.39, 0.29) is 11.9 Å². The molecular weight excluding hydrogens is 180 g/mol. The summed E-state index contributed by atoms with van der Waals surface area (Å²) in [7, 11) is 0. The van der Waals surface area contributed by atoms with Gasteiger partial charge in [-0.2, -0.15) is 0 Å². The third kappa shape index (κ3) is 3.24. The van der Waals surface area contributed by atoms with Crippen LogP contribution < -0.4 is 11.1 Å². The number of nitrogens with two attached hydrogens (primary N) is 1. The average Bonchev–Trinajstić information content (AvgIpc) is 2.88. The van der Waals surface area contributed by atoms with Crippen LogP contribution in [-0.2, 0) is 0 Å². The van der Waals surface area contributed by atoms with Crippen molar-refractivity contribution in [2.75, 3.05) is 13.1 Å². The Bertz CT molecular complexity index is 225. The van der Waals surface area contributed by atoms with Gasteiger partial charge in [-0.05, 0) is 19.8 Å². The van der Waals surface area contributed by atoms with Gasteiger partial charge in [0.2, 0.25) is 0 Å². The molecular formula is C9H18N4O. The molecule has 1 aliphatic carbocycles. The minimum atomic E-state index is -0.0312. The lowest BCUT2D eigenvalue weighted by atomic mass is 10.3. The van der Waals surface area contributed by atoms with E-state index in [1.807, 2.05) is 6.92 Å². The molecule has 14 heavy (non-hydrogen) atoms. The molecule has 2 amide bonds. The number of carbonyl (C=O) groups is 1. The van der Waals surface area contributed by atoms with Gasteiger partial charge in [-0.15, -0.1) is 0 Å². The molecule has 1 rings (SSSR count). The Labute approximate surface area is 84.1 Å². The molecule has 0 heterocycles. The number of nitrogens with one attached hydrogen (secondary N) is 2. The average molecular weight is 198 g/mol. The van der Waals surface area contributed by atoms with Crippen LogP contribution in [0.4, 0.5) is 4.79 Å². The largest absolute Gasteiger partial charge is 0.388 e. The molecule has 0 spiro atoms. The van der Waals surface area contributed by atoms with Gasteiger partial charge in [0.05, 0.1) is 5.84 Å². The maximum Gasteiger partial charge on any atom is 0.317 e. The fourth-order valence-corrected chi connectivity index (χ4v) is 1.33. The number of rotatable bonds is 5. The first-order chi connectivity index (χ1) is 6.65. The zero-order valence-electron chi connectivity index (χ0n) is 8.55. The molecule has 5 nitrogen and oxygen atoms in total. The molecule has 0 unspecified atom stereocenters. The summed E-state index contributed by atoms with van der Waals surface area (Å²) < 4.78 is 0. The zero-order chi connectivity index (χ0) is 10.6. The van der Waals surface area contributed by atoms with Crippen LogP contribution in [0.2, 0.25) is 0 Å². The Morgan fingerprint density at radius 1 is 1.64 bits per heavy atom. The number of amides is 2. The van der Waals surface area contributed by atoms with Crippen molar-refractivity contribution in [2.24, 2.45) is 5.73 Å². The number of carbonyl (C=O) groups excluding carboxylic acids is 1. The molecule has 5 heteroatoms. The fraction of sp³-hybridized carbons (Fsp3) is 0.778. The van der Waals surface area contributed by atoms with E-state index < -0.39 is 0 Å². The molecule has 0 aromatic rings. The first kappa shape index (κ1) is 10.8. The Morgan fingerprint density at radius 2 is 2.29 bits per heavy atom. The molecule has 0 radical (unpaired) electrons. The van der Waals surface area contributed by atoms with E-state index in [1.54, 1.807) is 4.90 Å². The molecule has 0 atom stereocenters. The number of hydrogen-bond acceptors (Lipinski definition) is 2. The van der Waals surface area contributed by atoms with Crippen LogP contribution in [-0.4, -0.2) is 35.9 Å². The standard InChI is InChI=1S/C9H18N4O/c1-2-12-9(14)13(7-3-4-7)6-5-8(10)11/h7H,2-6H2,1H3,(H3,10,11)(H,12,14). The SMILES string of the molecule is CCNC(=O)N(CCC(=N)N)C1CC1. The highest BCUT2D eigenvalue weighted by Crippen LogP contribution is 2.26. The summed E-state index contributed by atoms with van der Waals surface area (Å²) in [4.78, 5) is 13.3. The van der Waals surface area contributed by atoms with E-state index in [1.165, 1.54) is 0 Å². The second-order valence-electron chi connectivity index (χ2n) is 3.54. The van der Waals surface area contributed by atoms with Gasteiger partial charge >= 0.3 is 6.03 Å². The molecule has 0 bridgehead atoms. The molecule has 0 aromatic heterocycles. The van der Waals surface area contributed by atoms with E-state index >= 15 is 0 Å². The number of hydrogen-bond donors (Lipinski definition) is 3. The molecule has 0 saturated heterocycles. The van der Waals surface area contributed by atoms with Gasteiger partial charge in [-0.25, -0.2) is 4.79 Å². The minimum absolute atomic E-state index is 0.0312. The van der Waals surface area contributed by atoms with Crippen molar-refractivity contribution in [3.8, 4) is 0 Å². The second kappa shape index (κ2) is 4.83. The van der Waals surface area contributed by atoms with Gasteiger partial charge in [0.15, 0.2) is 0 Å². The summed E-state index contributed by atoms with van der Waals surface area (Å²) in [6.45, 7) is 3.10. The Hall–Kier alpha value is -1.26. The second-order valence-corrected chi connectivity index (χ2v) is 3.54. The highest BCUT2D eigenvalue weighted by Gasteiger charge is 2.31. The van der Waals surface area contributed by atoms with Crippen LogP contribution in [0.3, 0.4) is 0 Å². The summed E-state index contributed by atoms with van der Waals surface area (Å²) >= 11 is 0. The molecule has 0 aromatic carbocycles. The molecule has 1 fully saturated rings. The van der Waals surface area contributed by atoms with E-state index in [9.17, 15) is 4.79 Å². The van der Waals surface area contributed by atoms with Gasteiger partial charge in [0.1, 0.15) is 0 Å². The summed E-state index contributed by atoms with van der Waals surface area (Å²) in [5.41, 5.74) is 5.26. The Morgan fingerprint density at radius 3 is 2.71 bits per heavy atom. The van der Waals surface area contributed by atoms with Crippen LogP contribution in [0.1, 0.15) is 26.2 Å². The van der Waals surface area contributed by atoms with Crippen molar-refractivity contribution in [1.29, 1.82) is 5.41 Å². The van der Waals surface area contributed by atoms with Crippen LogP contribution in [0.15, 0.2) is 0 Å². The Kier molecular flexibility index (Phi) is 3.73. The normalized spacial score (nSPS) is 14.9. The quantitative estimate of drug-likeness (QED) is 0.444. The van der Waals surface area contributed by atoms with Gasteiger partial charge in [-0.3, -0.25) is 5.41 Å². The van der Waals surface area contributed by atoms with Gasteiger partial charge in [0, 0.05) is 25.6 Å². The van der Waals surface area contributed by atoms with Crippen LogP contribution >= 0.6 is 0 Å². The molecule has 80 valence electrons. The van der Waals surface area contributed by atoms with E-state index in [0.717, 1.165) is 12.8 Å². The van der Waals surface area contributed by atoms with E-state index in [2.05, 4.69) is 5.32 Å². The van der Waals surface area contributed by atoms with Crippen LogP contribution in [0.5, 0.6) is 0 Å². The minimum Gasteiger partial charge on any atom is -0.388 e. The first-order valence-electron chi connectivity index (χ1n) is 5.02. The van der Waals surface area contributed by atoms with E-state index in [0.29, 0.717) is 25.6 Å². The van der Waals surface area contributed by atoms with Crippen molar-refractivity contribution in [1.82, 2.24) is 10.2 Å². The predicted octanol–water partition coefficient (Wildman–Crippen LogP) is 0.506. The summed E-state index contributed by atoms with van der Waals surface area (Å²) in [5, 5.41) is 9.88. The lowest BCUT2D eigenvalue weighted by molar-refractivity contribution is 0.197. The maximum absolute atomic E-state index is 11.5. The molecule has 4 N–H and O–H groups in total. The number of nitrogens with zero attached hydrogens (tertiary/aromatic N) is 1. The van der Waals surface area contributed by atoms with Crippen molar-refractivity contribution in [2.45, 2.75) is 32.2 Å². The van der Waals surface area contributed by atoms with Gasteiger partial charge in [-0.1, -0.05) is 0 Å². The number of urea groups is 1. The third-order valence-electron chi connectivity index (χ3n) is 2.20. The van der Waals surface area contributed by atoms with Crippen molar-refractivity contribution in [3.63, 3.8) is 0 Å². The summed E-state index contributed by atoms with van der Waals surface area (Å²) in [6.07, 6.45) is 2.62. The van der Waals surface area contributed by atoms with E-state index in [4.69, 9.17) is 11.1 Å². The smallest absolute Gasteiger partial charge is 0.317 e. The van der Waals surface area contributed by atoms with Gasteiger partial charge < -0.3 is 16.0 Å². The number of amidine groups is 1. The monoisotopic (exact) mass is 198 g/mol. The van der Waals surface area contributed by atoms with Crippen LogP contribution in [0.25, 0.3) is 0 Å². The summed E-state index contributed by atoms with van der Waals surface area (Å²) in [6, 6.07) is 0.345. The van der Waals surface area contributed by atoms with Crippen molar-refractivity contribution in [3.05, 3.63) is 0 Å². The lowest BCUT2D eigenvalue weighted by Crippen LogP contribution is -2.42. The van der Waals surface area contributed by atoms with Crippen molar-refractivity contribution >= 4 is 11.9 Å². The summed E-state index contributed by atoms with van der Waals surface area (Å²) in [5.74, 6) is 0.139. The lowest BCUT2D eigenvalue weighted by Gasteiger charge is -2.22. The highest BCUT2D eigenvalue weighted by molar-refractivity contribution is 5.79. The van der Waals surface area contributed by atoms with Crippen LogP contribution in [0, 0.1) is 5.41 Å². The Balaban J connectivity index is 2.38. The molecule has 1 saturated carbocycles. The van der Waals surface area contributed by atoms with Gasteiger partial charge in [0.25, 0.3) is 0 Å². The van der Waals surface area contributed by atoms with Crippen molar-refractivity contribution < 1.29 is 4.79 Å². The zero-order valence-corrected chi connectivity index (χ0v) is 8.55. The molecule has 1 aliphatic rings. The first-order valence-corrected chi connectivity index (χ1v) is 5.02. The maximum atomic E-state index is 11.5. The fourth-order valence-electron chi connectivity index (χ4n) is 1.33. The topological polar surface area (TPSA) is 82.2 Å². The predicted molar refractivity (Wildman–Crippen MR) is 55.3 cm³/mol. The highest BCUT2D eigenvalue weighted by atomic mass is 16.2.